The minimum absolute atomic E-state index is 0.318. The fourth-order valence-electron chi connectivity index (χ4n) is 3.11. The topological polar surface area (TPSA) is 29.9 Å². The number of aryl methyl sites for hydroxylation is 2. The van der Waals surface area contributed by atoms with Gasteiger partial charge in [0.25, 0.3) is 0 Å². The van der Waals surface area contributed by atoms with Gasteiger partial charge in [-0.05, 0) is 47.5 Å². The average molecular weight is 363 g/mol. The molecule has 1 heterocycles. The zero-order valence-corrected chi connectivity index (χ0v) is 14.9. The van der Waals surface area contributed by atoms with E-state index < -0.39 is 0 Å². The van der Waals surface area contributed by atoms with Crippen LogP contribution in [0, 0.1) is 5.41 Å². The normalized spacial score (nSPS) is 17.8. The molecule has 3 nitrogen and oxygen atoms in total. The van der Waals surface area contributed by atoms with Crippen LogP contribution >= 0.6 is 27.5 Å². The molecule has 0 saturated heterocycles. The van der Waals surface area contributed by atoms with E-state index in [1.807, 2.05) is 0 Å². The summed E-state index contributed by atoms with van der Waals surface area (Å²) in [6.45, 7) is 7.07. The van der Waals surface area contributed by atoms with Gasteiger partial charge in [-0.15, -0.1) is 11.6 Å². The lowest BCUT2D eigenvalue weighted by Crippen LogP contribution is -2.33. The quantitative estimate of drug-likeness (QED) is 0.740. The Kier molecular flexibility index (Phi) is 5.94. The Morgan fingerprint density at radius 3 is 2.60 bits per heavy atom. The predicted molar refractivity (Wildman–Crippen MR) is 88.3 cm³/mol. The van der Waals surface area contributed by atoms with Crippen LogP contribution in [-0.4, -0.2) is 22.2 Å². The van der Waals surface area contributed by atoms with E-state index >= 15 is 0 Å². The lowest BCUT2D eigenvalue weighted by molar-refractivity contribution is 0.318. The number of hydrogen-bond acceptors (Lipinski definition) is 2. The minimum atomic E-state index is 0.318. The standard InChI is InChI=1S/C15H25BrClN3/c1-3-12-14(16)13(20(4-2)19-12)9-18-11-15(10-17)7-5-6-8-15/h18H,3-11H2,1-2H3. The van der Waals surface area contributed by atoms with Gasteiger partial charge in [-0.25, -0.2) is 0 Å². The Hall–Kier alpha value is -0.0600. The molecule has 5 heteroatoms. The summed E-state index contributed by atoms with van der Waals surface area (Å²) in [5, 5.41) is 8.25. The predicted octanol–water partition coefficient (Wildman–Crippen LogP) is 4.12. The monoisotopic (exact) mass is 361 g/mol. The molecule has 1 saturated carbocycles. The molecule has 1 aromatic rings. The Labute approximate surface area is 135 Å². The number of hydrogen-bond donors (Lipinski definition) is 1. The summed E-state index contributed by atoms with van der Waals surface area (Å²) in [4.78, 5) is 0. The first-order chi connectivity index (χ1) is 9.65. The molecular weight excluding hydrogens is 338 g/mol. The van der Waals surface area contributed by atoms with Crippen molar-refractivity contribution in [3.63, 3.8) is 0 Å². The second-order valence-electron chi connectivity index (χ2n) is 5.82. The van der Waals surface area contributed by atoms with Crippen molar-refractivity contribution in [2.75, 3.05) is 12.4 Å². The summed E-state index contributed by atoms with van der Waals surface area (Å²) in [6.07, 6.45) is 6.14. The van der Waals surface area contributed by atoms with Gasteiger partial charge < -0.3 is 5.32 Å². The Bertz CT molecular complexity index is 439. The lowest BCUT2D eigenvalue weighted by Gasteiger charge is -2.26. The van der Waals surface area contributed by atoms with Crippen LogP contribution in [0.4, 0.5) is 0 Å². The van der Waals surface area contributed by atoms with Crippen LogP contribution in [-0.2, 0) is 19.5 Å². The number of rotatable bonds is 7. The van der Waals surface area contributed by atoms with Gasteiger partial charge in [0.15, 0.2) is 0 Å². The van der Waals surface area contributed by atoms with Crippen LogP contribution in [0.5, 0.6) is 0 Å². The highest BCUT2D eigenvalue weighted by atomic mass is 79.9. The third kappa shape index (κ3) is 3.40. The van der Waals surface area contributed by atoms with Crippen molar-refractivity contribution in [2.45, 2.75) is 59.0 Å². The molecular formula is C15H25BrClN3. The van der Waals surface area contributed by atoms with Crippen LogP contribution in [0.3, 0.4) is 0 Å². The zero-order valence-electron chi connectivity index (χ0n) is 12.5. The summed E-state index contributed by atoms with van der Waals surface area (Å²) in [5.41, 5.74) is 2.72. The van der Waals surface area contributed by atoms with E-state index in [2.05, 4.69) is 44.9 Å². The van der Waals surface area contributed by atoms with E-state index in [4.69, 9.17) is 11.6 Å². The molecule has 114 valence electrons. The summed E-state index contributed by atoms with van der Waals surface area (Å²) >= 11 is 9.89. The molecule has 0 aliphatic heterocycles. The number of halogens is 2. The third-order valence-corrected chi connectivity index (χ3v) is 5.92. The van der Waals surface area contributed by atoms with E-state index in [1.165, 1.54) is 35.8 Å². The molecule has 0 spiro atoms. The van der Waals surface area contributed by atoms with Crippen LogP contribution in [0.15, 0.2) is 4.47 Å². The summed E-state index contributed by atoms with van der Waals surface area (Å²) in [5.74, 6) is 0.772. The number of aromatic nitrogens is 2. The van der Waals surface area contributed by atoms with Crippen molar-refractivity contribution >= 4 is 27.5 Å². The summed E-state index contributed by atoms with van der Waals surface area (Å²) in [6, 6.07) is 0. The molecule has 1 aliphatic carbocycles. The smallest absolute Gasteiger partial charge is 0.0767 e. The molecule has 2 rings (SSSR count). The Morgan fingerprint density at radius 1 is 1.35 bits per heavy atom. The maximum atomic E-state index is 6.20. The van der Waals surface area contributed by atoms with E-state index in [9.17, 15) is 0 Å². The minimum Gasteiger partial charge on any atom is -0.311 e. The molecule has 1 aromatic heterocycles. The molecule has 20 heavy (non-hydrogen) atoms. The van der Waals surface area contributed by atoms with Gasteiger partial charge in [-0.1, -0.05) is 19.8 Å². The molecule has 1 N–H and O–H groups in total. The van der Waals surface area contributed by atoms with Crippen molar-refractivity contribution in [1.82, 2.24) is 15.1 Å². The summed E-state index contributed by atoms with van der Waals surface area (Å²) < 4.78 is 3.26. The first-order valence-corrected chi connectivity index (χ1v) is 8.99. The van der Waals surface area contributed by atoms with Crippen molar-refractivity contribution in [3.05, 3.63) is 15.9 Å². The van der Waals surface area contributed by atoms with Crippen LogP contribution in [0.2, 0.25) is 0 Å². The van der Waals surface area contributed by atoms with Gasteiger partial charge in [0, 0.05) is 25.5 Å². The maximum absolute atomic E-state index is 6.20. The number of nitrogens with one attached hydrogen (secondary N) is 1. The second kappa shape index (κ2) is 7.28. The molecule has 0 radical (unpaired) electrons. The van der Waals surface area contributed by atoms with Crippen molar-refractivity contribution in [3.8, 4) is 0 Å². The van der Waals surface area contributed by atoms with Crippen molar-refractivity contribution < 1.29 is 0 Å². The Balaban J connectivity index is 1.98. The fraction of sp³-hybridized carbons (Fsp3) is 0.800. The highest BCUT2D eigenvalue weighted by Gasteiger charge is 2.32. The molecule has 0 aromatic carbocycles. The first kappa shape index (κ1) is 16.3. The molecule has 0 amide bonds. The fourth-order valence-corrected chi connectivity index (χ4v) is 4.18. The largest absolute Gasteiger partial charge is 0.311 e. The molecule has 1 fully saturated rings. The van der Waals surface area contributed by atoms with Crippen LogP contribution in [0.1, 0.15) is 50.9 Å². The average Bonchev–Trinajstić information content (AvgIpc) is 3.05. The van der Waals surface area contributed by atoms with Gasteiger partial charge in [-0.2, -0.15) is 5.10 Å². The van der Waals surface area contributed by atoms with E-state index in [0.717, 1.165) is 37.6 Å². The van der Waals surface area contributed by atoms with Gasteiger partial charge >= 0.3 is 0 Å². The molecule has 1 aliphatic rings. The highest BCUT2D eigenvalue weighted by molar-refractivity contribution is 9.10. The van der Waals surface area contributed by atoms with Gasteiger partial charge in [0.1, 0.15) is 0 Å². The lowest BCUT2D eigenvalue weighted by atomic mass is 9.88. The zero-order chi connectivity index (χ0) is 14.6. The van der Waals surface area contributed by atoms with Gasteiger partial charge in [-0.3, -0.25) is 4.68 Å². The Morgan fingerprint density at radius 2 is 2.05 bits per heavy atom. The van der Waals surface area contributed by atoms with Gasteiger partial charge in [0.2, 0.25) is 0 Å². The van der Waals surface area contributed by atoms with E-state index in [1.54, 1.807) is 0 Å². The third-order valence-electron chi connectivity index (χ3n) is 4.43. The van der Waals surface area contributed by atoms with Gasteiger partial charge in [0.05, 0.1) is 15.9 Å². The highest BCUT2D eigenvalue weighted by Crippen LogP contribution is 2.38. The van der Waals surface area contributed by atoms with Crippen molar-refractivity contribution in [1.29, 1.82) is 0 Å². The second-order valence-corrected chi connectivity index (χ2v) is 6.88. The SMILES string of the molecule is CCc1nn(CC)c(CNCC2(CCl)CCCC2)c1Br. The van der Waals surface area contributed by atoms with E-state index in [0.29, 0.717) is 5.41 Å². The molecule has 0 atom stereocenters. The summed E-state index contributed by atoms with van der Waals surface area (Å²) in [7, 11) is 0. The van der Waals surface area contributed by atoms with Crippen LogP contribution < -0.4 is 5.32 Å². The number of alkyl halides is 1. The van der Waals surface area contributed by atoms with Crippen molar-refractivity contribution in [2.24, 2.45) is 5.41 Å². The molecule has 0 unspecified atom stereocenters. The maximum Gasteiger partial charge on any atom is 0.0767 e. The first-order valence-electron chi connectivity index (χ1n) is 7.66. The molecule has 0 bridgehead atoms. The number of nitrogens with zero attached hydrogens (tertiary/aromatic N) is 2. The van der Waals surface area contributed by atoms with E-state index in [-0.39, 0.29) is 0 Å². The van der Waals surface area contributed by atoms with Crippen LogP contribution in [0.25, 0.3) is 0 Å².